The average molecular weight is 395 g/mol. The molecule has 1 aromatic heterocycles. The van der Waals surface area contributed by atoms with Crippen LogP contribution in [0.25, 0.3) is 11.3 Å². The van der Waals surface area contributed by atoms with Gasteiger partial charge in [-0.25, -0.2) is 5.43 Å². The first-order valence-corrected chi connectivity index (χ1v) is 8.42. The molecule has 0 radical (unpaired) electrons. The molecule has 0 aliphatic carbocycles. The van der Waals surface area contributed by atoms with Crippen molar-refractivity contribution in [3.63, 3.8) is 0 Å². The van der Waals surface area contributed by atoms with E-state index in [0.717, 1.165) is 0 Å². The number of benzene rings is 2. The maximum absolute atomic E-state index is 12.3. The lowest BCUT2D eigenvalue weighted by Gasteiger charge is -2.08. The highest BCUT2D eigenvalue weighted by atomic mass is 16.6. The van der Waals surface area contributed by atoms with Crippen molar-refractivity contribution < 1.29 is 23.6 Å². The summed E-state index contributed by atoms with van der Waals surface area (Å²) in [6.07, 6.45) is 1.33. The second kappa shape index (κ2) is 8.70. The zero-order valence-corrected chi connectivity index (χ0v) is 15.6. The number of ether oxygens (including phenoxy) is 2. The predicted octanol–water partition coefficient (Wildman–Crippen LogP) is 3.64. The van der Waals surface area contributed by atoms with Crippen LogP contribution in [0.1, 0.15) is 16.1 Å². The lowest BCUT2D eigenvalue weighted by molar-refractivity contribution is -0.384. The van der Waals surface area contributed by atoms with Gasteiger partial charge in [-0.3, -0.25) is 14.9 Å². The van der Waals surface area contributed by atoms with E-state index in [0.29, 0.717) is 34.1 Å². The predicted molar refractivity (Wildman–Crippen MR) is 105 cm³/mol. The number of nitro groups is 1. The molecule has 0 aliphatic heterocycles. The van der Waals surface area contributed by atoms with Crippen LogP contribution < -0.4 is 14.9 Å². The number of nitro benzene ring substituents is 1. The molecule has 1 amide bonds. The number of rotatable bonds is 7. The summed E-state index contributed by atoms with van der Waals surface area (Å²) in [4.78, 5) is 22.7. The molecule has 0 atom stereocenters. The van der Waals surface area contributed by atoms with Crippen LogP contribution >= 0.6 is 0 Å². The van der Waals surface area contributed by atoms with E-state index in [2.05, 4.69) is 10.5 Å². The fourth-order valence-electron chi connectivity index (χ4n) is 2.55. The first kappa shape index (κ1) is 19.6. The van der Waals surface area contributed by atoms with Gasteiger partial charge in [0.05, 0.1) is 30.9 Å². The molecule has 0 aliphatic rings. The summed E-state index contributed by atoms with van der Waals surface area (Å²) < 4.78 is 15.9. The summed E-state index contributed by atoms with van der Waals surface area (Å²) in [6.45, 7) is 0. The van der Waals surface area contributed by atoms with Crippen molar-refractivity contribution in [1.82, 2.24) is 5.43 Å². The van der Waals surface area contributed by atoms with Gasteiger partial charge in [-0.1, -0.05) is 12.1 Å². The Morgan fingerprint density at radius 1 is 1.14 bits per heavy atom. The quantitative estimate of drug-likeness (QED) is 0.371. The number of hydrazone groups is 1. The van der Waals surface area contributed by atoms with E-state index in [1.807, 2.05) is 0 Å². The molecule has 2 aromatic carbocycles. The molecule has 0 bridgehead atoms. The molecular formula is C20H17N3O6. The molecule has 0 saturated heterocycles. The van der Waals surface area contributed by atoms with Gasteiger partial charge < -0.3 is 13.9 Å². The lowest BCUT2D eigenvalue weighted by atomic mass is 10.1. The van der Waals surface area contributed by atoms with Crippen LogP contribution in [0.4, 0.5) is 5.69 Å². The number of carbonyl (C=O) groups is 1. The number of hydrogen-bond acceptors (Lipinski definition) is 7. The molecule has 1 heterocycles. The van der Waals surface area contributed by atoms with E-state index >= 15 is 0 Å². The summed E-state index contributed by atoms with van der Waals surface area (Å²) in [6, 6.07) is 14.2. The number of nitrogens with one attached hydrogen (secondary N) is 1. The van der Waals surface area contributed by atoms with Crippen molar-refractivity contribution in [1.29, 1.82) is 0 Å². The van der Waals surface area contributed by atoms with Crippen LogP contribution in [0.15, 0.2) is 64.1 Å². The second-order valence-corrected chi connectivity index (χ2v) is 5.77. The Kier molecular flexibility index (Phi) is 5.88. The number of carbonyl (C=O) groups excluding carboxylic acids is 1. The normalized spacial score (nSPS) is 10.7. The van der Waals surface area contributed by atoms with Gasteiger partial charge in [-0.2, -0.15) is 5.10 Å². The molecule has 0 unspecified atom stereocenters. The van der Waals surface area contributed by atoms with Crippen LogP contribution in [-0.2, 0) is 0 Å². The van der Waals surface area contributed by atoms with Gasteiger partial charge in [0.15, 0.2) is 0 Å². The van der Waals surface area contributed by atoms with Crippen molar-refractivity contribution in [2.24, 2.45) is 5.10 Å². The lowest BCUT2D eigenvalue weighted by Crippen LogP contribution is -2.18. The SMILES string of the molecule is COc1ccc(C(=O)N/N=C\c2ccc(-c3cccc([N+](=O)[O-])c3)o2)c(OC)c1. The van der Waals surface area contributed by atoms with E-state index in [1.165, 1.54) is 32.6 Å². The molecule has 0 saturated carbocycles. The monoisotopic (exact) mass is 395 g/mol. The van der Waals surface area contributed by atoms with Gasteiger partial charge in [0, 0.05) is 23.8 Å². The van der Waals surface area contributed by atoms with Gasteiger partial charge in [-0.05, 0) is 24.3 Å². The number of non-ortho nitro benzene ring substituents is 1. The standard InChI is InChI=1S/C20H17N3O6/c1-27-15-6-8-17(19(11-15)28-2)20(24)22-21-12-16-7-9-18(29-16)13-4-3-5-14(10-13)23(25)26/h3-12H,1-2H3,(H,22,24)/b21-12-. The Bertz CT molecular complexity index is 1070. The number of amides is 1. The molecule has 29 heavy (non-hydrogen) atoms. The van der Waals surface area contributed by atoms with E-state index < -0.39 is 10.8 Å². The fourth-order valence-corrected chi connectivity index (χ4v) is 2.55. The van der Waals surface area contributed by atoms with E-state index in [-0.39, 0.29) is 5.69 Å². The largest absolute Gasteiger partial charge is 0.497 e. The van der Waals surface area contributed by atoms with E-state index in [1.54, 1.807) is 42.5 Å². The first-order valence-electron chi connectivity index (χ1n) is 8.42. The van der Waals surface area contributed by atoms with Gasteiger partial charge in [0.2, 0.25) is 0 Å². The summed E-state index contributed by atoms with van der Waals surface area (Å²) in [5, 5.41) is 14.8. The molecular weight excluding hydrogens is 378 g/mol. The molecule has 9 nitrogen and oxygen atoms in total. The number of furan rings is 1. The minimum absolute atomic E-state index is 0.0326. The Hall–Kier alpha value is -4.14. The van der Waals surface area contributed by atoms with Crippen molar-refractivity contribution in [2.45, 2.75) is 0 Å². The molecule has 9 heteroatoms. The van der Waals surface area contributed by atoms with Crippen molar-refractivity contribution in [2.75, 3.05) is 14.2 Å². The van der Waals surface area contributed by atoms with Gasteiger partial charge in [0.1, 0.15) is 23.0 Å². The number of methoxy groups -OCH3 is 2. The summed E-state index contributed by atoms with van der Waals surface area (Å²) in [7, 11) is 2.97. The third kappa shape index (κ3) is 4.59. The molecule has 0 fully saturated rings. The minimum Gasteiger partial charge on any atom is -0.497 e. The van der Waals surface area contributed by atoms with Crippen LogP contribution in [0.3, 0.4) is 0 Å². The Labute approximate surface area is 165 Å². The highest BCUT2D eigenvalue weighted by Gasteiger charge is 2.13. The van der Waals surface area contributed by atoms with Gasteiger partial charge in [-0.15, -0.1) is 0 Å². The maximum atomic E-state index is 12.3. The Balaban J connectivity index is 1.70. The highest BCUT2D eigenvalue weighted by Crippen LogP contribution is 2.26. The van der Waals surface area contributed by atoms with Crippen LogP contribution in [0.5, 0.6) is 11.5 Å². The first-order chi connectivity index (χ1) is 14.0. The smallest absolute Gasteiger partial charge is 0.275 e. The van der Waals surface area contributed by atoms with Crippen molar-refractivity contribution in [3.05, 3.63) is 76.0 Å². The van der Waals surface area contributed by atoms with Gasteiger partial charge in [0.25, 0.3) is 11.6 Å². The molecule has 3 aromatic rings. The zero-order valence-electron chi connectivity index (χ0n) is 15.6. The molecule has 1 N–H and O–H groups in total. The summed E-state index contributed by atoms with van der Waals surface area (Å²) in [5.41, 5.74) is 3.22. The van der Waals surface area contributed by atoms with Crippen LogP contribution in [0, 0.1) is 10.1 Å². The molecule has 148 valence electrons. The van der Waals surface area contributed by atoms with E-state index in [4.69, 9.17) is 13.9 Å². The third-order valence-corrected chi connectivity index (χ3v) is 3.98. The fraction of sp³-hybridized carbons (Fsp3) is 0.100. The third-order valence-electron chi connectivity index (χ3n) is 3.98. The topological polar surface area (TPSA) is 116 Å². The Morgan fingerprint density at radius 3 is 2.69 bits per heavy atom. The van der Waals surface area contributed by atoms with E-state index in [9.17, 15) is 14.9 Å². The summed E-state index contributed by atoms with van der Waals surface area (Å²) in [5.74, 6) is 1.26. The molecule has 0 spiro atoms. The number of hydrogen-bond donors (Lipinski definition) is 1. The number of nitrogens with zero attached hydrogens (tertiary/aromatic N) is 2. The minimum atomic E-state index is -0.474. The van der Waals surface area contributed by atoms with Gasteiger partial charge >= 0.3 is 0 Å². The Morgan fingerprint density at radius 2 is 1.97 bits per heavy atom. The highest BCUT2D eigenvalue weighted by molar-refractivity contribution is 5.97. The second-order valence-electron chi connectivity index (χ2n) is 5.77. The van der Waals surface area contributed by atoms with Crippen LogP contribution in [-0.4, -0.2) is 31.3 Å². The summed E-state index contributed by atoms with van der Waals surface area (Å²) >= 11 is 0. The maximum Gasteiger partial charge on any atom is 0.275 e. The van der Waals surface area contributed by atoms with Crippen molar-refractivity contribution >= 4 is 17.8 Å². The molecule has 3 rings (SSSR count). The van der Waals surface area contributed by atoms with Crippen molar-refractivity contribution in [3.8, 4) is 22.8 Å². The zero-order chi connectivity index (χ0) is 20.8. The average Bonchev–Trinajstić information content (AvgIpc) is 3.22. The van der Waals surface area contributed by atoms with Crippen LogP contribution in [0.2, 0.25) is 0 Å².